The number of benzene rings is 1. The molecule has 1 saturated heterocycles. The molecule has 0 aromatic heterocycles. The quantitative estimate of drug-likeness (QED) is 0.749. The van der Waals surface area contributed by atoms with Crippen LogP contribution in [0.2, 0.25) is 0 Å². The molecule has 5 nitrogen and oxygen atoms in total. The molecule has 0 atom stereocenters. The number of carbonyl (C=O) groups excluding carboxylic acids is 2. The van der Waals surface area contributed by atoms with Crippen LogP contribution >= 0.6 is 0 Å². The molecule has 3 N–H and O–H groups in total. The van der Waals surface area contributed by atoms with Crippen molar-refractivity contribution in [3.8, 4) is 0 Å². The van der Waals surface area contributed by atoms with Gasteiger partial charge in [0.1, 0.15) is 0 Å². The third-order valence-corrected chi connectivity index (χ3v) is 4.14. The van der Waals surface area contributed by atoms with Gasteiger partial charge in [-0.15, -0.1) is 0 Å². The Labute approximate surface area is 132 Å². The van der Waals surface area contributed by atoms with E-state index in [-0.39, 0.29) is 11.8 Å². The van der Waals surface area contributed by atoms with Gasteiger partial charge >= 0.3 is 0 Å². The summed E-state index contributed by atoms with van der Waals surface area (Å²) in [7, 11) is 0. The van der Waals surface area contributed by atoms with Crippen molar-refractivity contribution >= 4 is 17.5 Å². The molecule has 0 radical (unpaired) electrons. The normalized spacial score (nSPS) is 21.2. The van der Waals surface area contributed by atoms with Crippen LogP contribution in [0.1, 0.15) is 37.0 Å². The topological polar surface area (TPSA) is 62.6 Å². The van der Waals surface area contributed by atoms with E-state index in [0.29, 0.717) is 24.3 Å². The molecule has 1 aliphatic rings. The monoisotopic (exact) mass is 304 g/mol. The Bertz CT molecular complexity index is 522. The summed E-state index contributed by atoms with van der Waals surface area (Å²) in [5, 5.41) is 5.65. The fourth-order valence-corrected chi connectivity index (χ4v) is 2.78. The molecule has 0 unspecified atom stereocenters. The molecule has 1 aliphatic heterocycles. The molecule has 1 aromatic rings. The van der Waals surface area contributed by atoms with Gasteiger partial charge in [-0.3, -0.25) is 9.59 Å². The number of carbonyl (C=O) groups is 2. The fourth-order valence-electron chi connectivity index (χ4n) is 2.78. The molecule has 1 heterocycles. The van der Waals surface area contributed by atoms with Crippen molar-refractivity contribution in [3.63, 3.8) is 0 Å². The van der Waals surface area contributed by atoms with Crippen LogP contribution in [0.3, 0.4) is 0 Å². The number of amides is 2. The van der Waals surface area contributed by atoms with Gasteiger partial charge in [0.2, 0.25) is 0 Å². The number of rotatable bonds is 5. The van der Waals surface area contributed by atoms with Crippen molar-refractivity contribution in [2.45, 2.75) is 26.7 Å². The van der Waals surface area contributed by atoms with Crippen LogP contribution in [0.25, 0.3) is 0 Å². The summed E-state index contributed by atoms with van der Waals surface area (Å²) in [5.74, 6) is 0.674. The maximum atomic E-state index is 12.1. The number of hydrogen-bond acceptors (Lipinski definition) is 2. The van der Waals surface area contributed by atoms with Crippen molar-refractivity contribution in [2.24, 2.45) is 5.92 Å². The van der Waals surface area contributed by atoms with Crippen molar-refractivity contribution in [1.29, 1.82) is 0 Å². The summed E-state index contributed by atoms with van der Waals surface area (Å²) in [6.45, 7) is 7.36. The third kappa shape index (κ3) is 4.84. The zero-order valence-electron chi connectivity index (χ0n) is 13.4. The summed E-state index contributed by atoms with van der Waals surface area (Å²) < 4.78 is 0. The van der Waals surface area contributed by atoms with Crippen molar-refractivity contribution in [3.05, 3.63) is 29.8 Å². The molecule has 0 spiro atoms. The lowest BCUT2D eigenvalue weighted by Gasteiger charge is -2.26. The number of likely N-dealkylation sites (tertiary alicyclic amines) is 1. The first-order valence-corrected chi connectivity index (χ1v) is 8.10. The van der Waals surface area contributed by atoms with E-state index in [0.717, 1.165) is 19.0 Å². The number of anilines is 1. The molecular weight excluding hydrogens is 278 g/mol. The number of piperidine rings is 1. The smallest absolute Gasteiger partial charge is 0.279 e. The highest BCUT2D eigenvalue weighted by atomic mass is 16.2. The number of nitrogens with one attached hydrogen (secondary N) is 3. The molecule has 5 heteroatoms. The minimum absolute atomic E-state index is 0.0117. The fraction of sp³-hybridized carbons (Fsp3) is 0.529. The summed E-state index contributed by atoms with van der Waals surface area (Å²) in [4.78, 5) is 25.3. The summed E-state index contributed by atoms with van der Waals surface area (Å²) in [6, 6.07) is 7.07. The van der Waals surface area contributed by atoms with Gasteiger partial charge in [-0.2, -0.15) is 0 Å². The summed E-state index contributed by atoms with van der Waals surface area (Å²) >= 11 is 0. The van der Waals surface area contributed by atoms with Gasteiger partial charge in [-0.25, -0.2) is 0 Å². The van der Waals surface area contributed by atoms with Crippen molar-refractivity contribution < 1.29 is 14.5 Å². The minimum Gasteiger partial charge on any atom is -0.352 e. The zero-order chi connectivity index (χ0) is 15.9. The van der Waals surface area contributed by atoms with E-state index in [1.807, 2.05) is 13.0 Å². The van der Waals surface area contributed by atoms with E-state index in [9.17, 15) is 9.59 Å². The van der Waals surface area contributed by atoms with E-state index >= 15 is 0 Å². The van der Waals surface area contributed by atoms with E-state index in [1.165, 1.54) is 17.7 Å². The first kappa shape index (κ1) is 16.5. The molecule has 0 saturated carbocycles. The second kappa shape index (κ2) is 7.94. The zero-order valence-corrected chi connectivity index (χ0v) is 13.4. The van der Waals surface area contributed by atoms with E-state index < -0.39 is 0 Å². The van der Waals surface area contributed by atoms with Crippen LogP contribution in [0, 0.1) is 5.92 Å². The van der Waals surface area contributed by atoms with E-state index in [1.54, 1.807) is 18.2 Å². The van der Waals surface area contributed by atoms with Gasteiger partial charge in [0.05, 0.1) is 13.1 Å². The molecule has 0 aliphatic carbocycles. The lowest BCUT2D eigenvalue weighted by atomic mass is 9.99. The third-order valence-electron chi connectivity index (χ3n) is 4.14. The Hall–Kier alpha value is -1.88. The Morgan fingerprint density at radius 3 is 2.68 bits per heavy atom. The minimum atomic E-state index is -0.116. The van der Waals surface area contributed by atoms with Gasteiger partial charge in [0, 0.05) is 17.8 Å². The highest BCUT2D eigenvalue weighted by molar-refractivity contribution is 5.97. The Kier molecular flexibility index (Phi) is 5.95. The molecule has 22 heavy (non-hydrogen) atoms. The summed E-state index contributed by atoms with van der Waals surface area (Å²) in [6.07, 6.45) is 2.38. The molecule has 2 amide bonds. The second-order valence-corrected chi connectivity index (χ2v) is 6.10. The number of quaternary nitrogens is 1. The van der Waals surface area contributed by atoms with Gasteiger partial charge in [0.25, 0.3) is 11.8 Å². The SMILES string of the molecule is CCNC(=O)c1cccc(NC(=O)C[NH+]2CCC(C)CC2)c1. The highest BCUT2D eigenvalue weighted by Gasteiger charge is 2.21. The Balaban J connectivity index is 1.88. The van der Waals surface area contributed by atoms with Crippen molar-refractivity contribution in [1.82, 2.24) is 5.32 Å². The molecule has 2 rings (SSSR count). The summed E-state index contributed by atoms with van der Waals surface area (Å²) in [5.41, 5.74) is 1.25. The van der Waals surface area contributed by atoms with E-state index in [2.05, 4.69) is 17.6 Å². The van der Waals surface area contributed by atoms with Crippen LogP contribution in [0.5, 0.6) is 0 Å². The highest BCUT2D eigenvalue weighted by Crippen LogP contribution is 2.10. The predicted molar refractivity (Wildman–Crippen MR) is 87.0 cm³/mol. The van der Waals surface area contributed by atoms with Gasteiger partial charge in [0.15, 0.2) is 6.54 Å². The lowest BCUT2D eigenvalue weighted by molar-refractivity contribution is -0.897. The van der Waals surface area contributed by atoms with Crippen LogP contribution in [-0.4, -0.2) is 38.0 Å². The standard InChI is InChI=1S/C17H25N3O2/c1-3-18-17(22)14-5-4-6-15(11-14)19-16(21)12-20-9-7-13(2)8-10-20/h4-6,11,13H,3,7-10,12H2,1-2H3,(H,18,22)(H,19,21)/p+1. The van der Waals surface area contributed by atoms with Gasteiger partial charge in [-0.05, 0) is 43.9 Å². The molecule has 120 valence electrons. The van der Waals surface area contributed by atoms with E-state index in [4.69, 9.17) is 0 Å². The average molecular weight is 304 g/mol. The number of hydrogen-bond donors (Lipinski definition) is 3. The van der Waals surface area contributed by atoms with Crippen LogP contribution in [0.15, 0.2) is 24.3 Å². The molecular formula is C17H26N3O2+. The first-order valence-electron chi connectivity index (χ1n) is 8.10. The van der Waals surface area contributed by atoms with Crippen LogP contribution in [-0.2, 0) is 4.79 Å². The maximum absolute atomic E-state index is 12.1. The van der Waals surface area contributed by atoms with Crippen molar-refractivity contribution in [2.75, 3.05) is 31.5 Å². The van der Waals surface area contributed by atoms with Gasteiger partial charge in [-0.1, -0.05) is 13.0 Å². The van der Waals surface area contributed by atoms with Gasteiger partial charge < -0.3 is 15.5 Å². The van der Waals surface area contributed by atoms with Crippen LogP contribution in [0.4, 0.5) is 5.69 Å². The largest absolute Gasteiger partial charge is 0.352 e. The second-order valence-electron chi connectivity index (χ2n) is 6.10. The average Bonchev–Trinajstić information content (AvgIpc) is 2.50. The molecule has 1 fully saturated rings. The first-order chi connectivity index (χ1) is 10.6. The molecule has 1 aromatic carbocycles. The predicted octanol–water partition coefficient (Wildman–Crippen LogP) is 0.690. The Morgan fingerprint density at radius 2 is 2.00 bits per heavy atom. The Morgan fingerprint density at radius 1 is 1.27 bits per heavy atom. The molecule has 0 bridgehead atoms. The van der Waals surface area contributed by atoms with Crippen LogP contribution < -0.4 is 15.5 Å². The lowest BCUT2D eigenvalue weighted by Crippen LogP contribution is -3.14. The maximum Gasteiger partial charge on any atom is 0.279 e.